The normalized spacial score (nSPS) is 10.1. The highest BCUT2D eigenvalue weighted by atomic mass is 19.1. The molecule has 0 aliphatic rings. The molecule has 76 valence electrons. The van der Waals surface area contributed by atoms with Crippen LogP contribution in [0.3, 0.4) is 0 Å². The second-order valence-electron chi connectivity index (χ2n) is 3.21. The Kier molecular flexibility index (Phi) is 3.63. The Bertz CT molecular complexity index is 334. The van der Waals surface area contributed by atoms with E-state index in [9.17, 15) is 9.18 Å². The van der Waals surface area contributed by atoms with Crippen LogP contribution >= 0.6 is 0 Å². The van der Waals surface area contributed by atoms with Crippen molar-refractivity contribution < 1.29 is 14.3 Å². The van der Waals surface area contributed by atoms with Crippen molar-refractivity contribution in [3.8, 4) is 0 Å². The van der Waals surface area contributed by atoms with Gasteiger partial charge in [-0.1, -0.05) is 19.4 Å². The Morgan fingerprint density at radius 2 is 2.21 bits per heavy atom. The van der Waals surface area contributed by atoms with Crippen LogP contribution < -0.4 is 0 Å². The molecule has 2 nitrogen and oxygen atoms in total. The van der Waals surface area contributed by atoms with Gasteiger partial charge in [-0.25, -0.2) is 9.18 Å². The molecule has 1 rings (SSSR count). The first-order chi connectivity index (χ1) is 6.65. The van der Waals surface area contributed by atoms with E-state index in [2.05, 4.69) is 0 Å². The van der Waals surface area contributed by atoms with Crippen LogP contribution in [-0.2, 0) is 6.42 Å². The molecule has 0 saturated heterocycles. The monoisotopic (exact) mass is 196 g/mol. The van der Waals surface area contributed by atoms with Crippen LogP contribution in [0.5, 0.6) is 0 Å². The summed E-state index contributed by atoms with van der Waals surface area (Å²) in [4.78, 5) is 10.8. The smallest absolute Gasteiger partial charge is 0.336 e. The number of hydrogen-bond acceptors (Lipinski definition) is 1. The zero-order chi connectivity index (χ0) is 10.6. The van der Waals surface area contributed by atoms with Gasteiger partial charge in [-0.3, -0.25) is 0 Å². The lowest BCUT2D eigenvalue weighted by atomic mass is 10.0. The van der Waals surface area contributed by atoms with Crippen LogP contribution in [0.2, 0.25) is 0 Å². The van der Waals surface area contributed by atoms with Crippen molar-refractivity contribution in [1.82, 2.24) is 0 Å². The molecular weight excluding hydrogens is 183 g/mol. The third-order valence-corrected chi connectivity index (χ3v) is 2.10. The highest BCUT2D eigenvalue weighted by Crippen LogP contribution is 2.14. The van der Waals surface area contributed by atoms with Crippen molar-refractivity contribution in [3.05, 3.63) is 35.1 Å². The third-order valence-electron chi connectivity index (χ3n) is 2.10. The van der Waals surface area contributed by atoms with E-state index in [1.54, 1.807) is 6.07 Å². The molecule has 1 aromatic rings. The average Bonchev–Trinajstić information content (AvgIpc) is 2.15. The number of rotatable bonds is 4. The molecule has 0 atom stereocenters. The van der Waals surface area contributed by atoms with Crippen molar-refractivity contribution in [2.24, 2.45) is 0 Å². The Hall–Kier alpha value is -1.38. The zero-order valence-electron chi connectivity index (χ0n) is 8.09. The van der Waals surface area contributed by atoms with E-state index in [-0.39, 0.29) is 5.56 Å². The standard InChI is InChI=1S/C11H13FO2/c1-2-3-4-8-5-6-9(12)7-10(8)11(13)14/h5-7H,2-4H2,1H3,(H,13,14). The highest BCUT2D eigenvalue weighted by Gasteiger charge is 2.10. The van der Waals surface area contributed by atoms with E-state index in [4.69, 9.17) is 5.11 Å². The number of benzene rings is 1. The van der Waals surface area contributed by atoms with E-state index in [1.165, 1.54) is 6.07 Å². The first-order valence-electron chi connectivity index (χ1n) is 4.67. The minimum atomic E-state index is -1.06. The quantitative estimate of drug-likeness (QED) is 0.803. The molecule has 0 radical (unpaired) electrons. The minimum Gasteiger partial charge on any atom is -0.478 e. The van der Waals surface area contributed by atoms with Gasteiger partial charge in [-0.05, 0) is 30.5 Å². The van der Waals surface area contributed by atoms with Crippen LogP contribution in [0.4, 0.5) is 4.39 Å². The summed E-state index contributed by atoms with van der Waals surface area (Å²) in [7, 11) is 0. The molecular formula is C11H13FO2. The molecule has 3 heteroatoms. The molecule has 0 aromatic heterocycles. The molecule has 1 N–H and O–H groups in total. The molecule has 0 bridgehead atoms. The number of carboxylic acid groups (broad SMARTS) is 1. The molecule has 0 aliphatic carbocycles. The van der Waals surface area contributed by atoms with Gasteiger partial charge in [0.2, 0.25) is 0 Å². The molecule has 0 heterocycles. The largest absolute Gasteiger partial charge is 0.478 e. The lowest BCUT2D eigenvalue weighted by molar-refractivity contribution is 0.0695. The number of aryl methyl sites for hydroxylation is 1. The lowest BCUT2D eigenvalue weighted by Crippen LogP contribution is -2.03. The van der Waals surface area contributed by atoms with Gasteiger partial charge in [0.15, 0.2) is 0 Å². The zero-order valence-corrected chi connectivity index (χ0v) is 8.09. The second kappa shape index (κ2) is 4.74. The number of carbonyl (C=O) groups is 1. The SMILES string of the molecule is CCCCc1ccc(F)cc1C(=O)O. The fourth-order valence-electron chi connectivity index (χ4n) is 1.33. The first kappa shape index (κ1) is 10.7. The molecule has 14 heavy (non-hydrogen) atoms. The Balaban J connectivity index is 2.96. The molecule has 0 saturated carbocycles. The molecule has 1 aromatic carbocycles. The van der Waals surface area contributed by atoms with E-state index >= 15 is 0 Å². The maximum absolute atomic E-state index is 12.8. The number of aromatic carboxylic acids is 1. The fourth-order valence-corrected chi connectivity index (χ4v) is 1.33. The third kappa shape index (κ3) is 2.55. The maximum Gasteiger partial charge on any atom is 0.336 e. The summed E-state index contributed by atoms with van der Waals surface area (Å²) in [6.45, 7) is 2.03. The van der Waals surface area contributed by atoms with Crippen molar-refractivity contribution in [2.45, 2.75) is 26.2 Å². The summed E-state index contributed by atoms with van der Waals surface area (Å²) < 4.78 is 12.8. The Labute approximate surface area is 82.4 Å². The van der Waals surface area contributed by atoms with Crippen molar-refractivity contribution in [3.63, 3.8) is 0 Å². The molecule has 0 amide bonds. The molecule has 0 aliphatic heterocycles. The van der Waals surface area contributed by atoms with Crippen molar-refractivity contribution in [2.75, 3.05) is 0 Å². The van der Waals surface area contributed by atoms with E-state index < -0.39 is 11.8 Å². The summed E-state index contributed by atoms with van der Waals surface area (Å²) in [6.07, 6.45) is 2.61. The predicted octanol–water partition coefficient (Wildman–Crippen LogP) is 2.87. The van der Waals surface area contributed by atoms with Crippen LogP contribution in [0, 0.1) is 5.82 Å². The molecule has 0 unspecified atom stereocenters. The Morgan fingerprint density at radius 1 is 1.50 bits per heavy atom. The highest BCUT2D eigenvalue weighted by molar-refractivity contribution is 5.89. The first-order valence-corrected chi connectivity index (χ1v) is 4.67. The van der Waals surface area contributed by atoms with Gasteiger partial charge in [-0.15, -0.1) is 0 Å². The maximum atomic E-state index is 12.8. The number of hydrogen-bond donors (Lipinski definition) is 1. The lowest BCUT2D eigenvalue weighted by Gasteiger charge is -2.04. The summed E-state index contributed by atoms with van der Waals surface area (Å²) in [6, 6.07) is 3.93. The number of unbranched alkanes of at least 4 members (excludes halogenated alkanes) is 1. The molecule has 0 fully saturated rings. The summed E-state index contributed by atoms with van der Waals surface area (Å²) in [5.74, 6) is -1.56. The van der Waals surface area contributed by atoms with E-state index in [0.29, 0.717) is 12.0 Å². The predicted molar refractivity (Wildman–Crippen MR) is 52.0 cm³/mol. The van der Waals surface area contributed by atoms with Crippen molar-refractivity contribution in [1.29, 1.82) is 0 Å². The van der Waals surface area contributed by atoms with Crippen molar-refractivity contribution >= 4 is 5.97 Å². The molecule has 0 spiro atoms. The summed E-state index contributed by atoms with van der Waals surface area (Å²) >= 11 is 0. The number of halogens is 1. The fraction of sp³-hybridized carbons (Fsp3) is 0.364. The van der Waals surface area contributed by atoms with Crippen LogP contribution in [-0.4, -0.2) is 11.1 Å². The van der Waals surface area contributed by atoms with Gasteiger partial charge in [0.05, 0.1) is 5.56 Å². The average molecular weight is 196 g/mol. The van der Waals surface area contributed by atoms with Gasteiger partial charge in [-0.2, -0.15) is 0 Å². The second-order valence-corrected chi connectivity index (χ2v) is 3.21. The van der Waals surface area contributed by atoms with Gasteiger partial charge in [0.25, 0.3) is 0 Å². The van der Waals surface area contributed by atoms with Gasteiger partial charge in [0.1, 0.15) is 5.82 Å². The topological polar surface area (TPSA) is 37.3 Å². The van der Waals surface area contributed by atoms with E-state index in [0.717, 1.165) is 18.9 Å². The Morgan fingerprint density at radius 3 is 2.79 bits per heavy atom. The van der Waals surface area contributed by atoms with E-state index in [1.807, 2.05) is 6.92 Å². The minimum absolute atomic E-state index is 0.0819. The van der Waals surface area contributed by atoms with Crippen LogP contribution in [0.15, 0.2) is 18.2 Å². The van der Waals surface area contributed by atoms with Crippen LogP contribution in [0.25, 0.3) is 0 Å². The van der Waals surface area contributed by atoms with Gasteiger partial charge >= 0.3 is 5.97 Å². The van der Waals surface area contributed by atoms with Crippen LogP contribution in [0.1, 0.15) is 35.7 Å². The summed E-state index contributed by atoms with van der Waals surface area (Å²) in [5, 5.41) is 8.82. The van der Waals surface area contributed by atoms with Gasteiger partial charge < -0.3 is 5.11 Å². The summed E-state index contributed by atoms with van der Waals surface area (Å²) in [5.41, 5.74) is 0.791. The van der Waals surface area contributed by atoms with Gasteiger partial charge in [0, 0.05) is 0 Å². The number of carboxylic acids is 1.